The van der Waals surface area contributed by atoms with Gasteiger partial charge in [-0.1, -0.05) is 5.57 Å². The van der Waals surface area contributed by atoms with Crippen molar-refractivity contribution in [2.75, 3.05) is 19.8 Å². The second kappa shape index (κ2) is 6.88. The molecule has 0 saturated carbocycles. The molecule has 0 spiro atoms. The Balaban J connectivity index is 1.90. The van der Waals surface area contributed by atoms with E-state index < -0.39 is 11.9 Å². The number of hydrogen-bond donors (Lipinski definition) is 2. The first-order valence-corrected chi connectivity index (χ1v) is 7.37. The minimum Gasteiger partial charge on any atom is -0.481 e. The van der Waals surface area contributed by atoms with Crippen LogP contribution in [0, 0.1) is 11.8 Å². The average molecular weight is 281 g/mol. The van der Waals surface area contributed by atoms with Crippen LogP contribution in [0.2, 0.25) is 0 Å². The lowest BCUT2D eigenvalue weighted by atomic mass is 9.86. The molecule has 1 heterocycles. The number of hydrogen-bond acceptors (Lipinski definition) is 3. The molecule has 5 heteroatoms. The van der Waals surface area contributed by atoms with E-state index in [9.17, 15) is 14.7 Å². The highest BCUT2D eigenvalue weighted by Gasteiger charge is 2.30. The van der Waals surface area contributed by atoms with Crippen LogP contribution in [0.5, 0.6) is 0 Å². The Morgan fingerprint density at radius 2 is 2.05 bits per heavy atom. The second-order valence-electron chi connectivity index (χ2n) is 5.72. The largest absolute Gasteiger partial charge is 0.481 e. The lowest BCUT2D eigenvalue weighted by molar-refractivity contribution is -0.144. The van der Waals surface area contributed by atoms with Crippen LogP contribution < -0.4 is 5.32 Å². The van der Waals surface area contributed by atoms with Gasteiger partial charge in [0, 0.05) is 25.3 Å². The van der Waals surface area contributed by atoms with E-state index in [2.05, 4.69) is 5.32 Å². The Hall–Kier alpha value is -1.36. The zero-order valence-corrected chi connectivity index (χ0v) is 12.0. The lowest BCUT2D eigenvalue weighted by Crippen LogP contribution is -2.39. The first-order chi connectivity index (χ1) is 9.59. The monoisotopic (exact) mass is 281 g/mol. The van der Waals surface area contributed by atoms with Crippen LogP contribution in [0.3, 0.4) is 0 Å². The highest BCUT2D eigenvalue weighted by molar-refractivity contribution is 5.94. The summed E-state index contributed by atoms with van der Waals surface area (Å²) in [7, 11) is 0. The molecule has 1 amide bonds. The van der Waals surface area contributed by atoms with Gasteiger partial charge >= 0.3 is 5.97 Å². The van der Waals surface area contributed by atoms with E-state index in [1.165, 1.54) is 0 Å². The Bertz CT molecular complexity index is 410. The molecule has 0 radical (unpaired) electrons. The van der Waals surface area contributed by atoms with Crippen LogP contribution in [-0.4, -0.2) is 36.7 Å². The van der Waals surface area contributed by atoms with Crippen molar-refractivity contribution in [1.29, 1.82) is 0 Å². The smallest absolute Gasteiger partial charge is 0.308 e. The van der Waals surface area contributed by atoms with Gasteiger partial charge in [0.1, 0.15) is 0 Å². The van der Waals surface area contributed by atoms with E-state index in [0.29, 0.717) is 13.2 Å². The van der Waals surface area contributed by atoms with Gasteiger partial charge in [-0.2, -0.15) is 0 Å². The van der Waals surface area contributed by atoms with Gasteiger partial charge < -0.3 is 15.2 Å². The second-order valence-corrected chi connectivity index (χ2v) is 5.72. The van der Waals surface area contributed by atoms with Crippen molar-refractivity contribution in [2.24, 2.45) is 11.8 Å². The van der Waals surface area contributed by atoms with Crippen LogP contribution in [-0.2, 0) is 14.3 Å². The SMILES string of the molecule is CC1=C(C(=O)NCC(C(=O)O)C2CCOCC2)CCC1. The fourth-order valence-electron chi connectivity index (χ4n) is 3.09. The Morgan fingerprint density at radius 3 is 2.60 bits per heavy atom. The van der Waals surface area contributed by atoms with Crippen molar-refractivity contribution in [3.8, 4) is 0 Å². The molecule has 1 saturated heterocycles. The maximum absolute atomic E-state index is 12.1. The first kappa shape index (κ1) is 15.0. The molecule has 1 fully saturated rings. The van der Waals surface area contributed by atoms with Crippen LogP contribution in [0.1, 0.15) is 39.0 Å². The molecular formula is C15H23NO4. The van der Waals surface area contributed by atoms with Gasteiger partial charge in [0.05, 0.1) is 5.92 Å². The summed E-state index contributed by atoms with van der Waals surface area (Å²) in [5, 5.41) is 12.2. The topological polar surface area (TPSA) is 75.6 Å². The molecule has 20 heavy (non-hydrogen) atoms. The minimum absolute atomic E-state index is 0.0849. The van der Waals surface area contributed by atoms with Gasteiger partial charge in [0.2, 0.25) is 5.91 Å². The quantitative estimate of drug-likeness (QED) is 0.804. The number of carbonyl (C=O) groups excluding carboxylic acids is 1. The van der Waals surface area contributed by atoms with E-state index in [4.69, 9.17) is 4.74 Å². The third-order valence-electron chi connectivity index (χ3n) is 4.40. The minimum atomic E-state index is -0.825. The number of carbonyl (C=O) groups is 2. The number of carboxylic acid groups (broad SMARTS) is 1. The number of nitrogens with one attached hydrogen (secondary N) is 1. The van der Waals surface area contributed by atoms with Crippen molar-refractivity contribution in [2.45, 2.75) is 39.0 Å². The van der Waals surface area contributed by atoms with E-state index in [-0.39, 0.29) is 18.4 Å². The van der Waals surface area contributed by atoms with E-state index >= 15 is 0 Å². The first-order valence-electron chi connectivity index (χ1n) is 7.37. The van der Waals surface area contributed by atoms with Gasteiger partial charge in [-0.15, -0.1) is 0 Å². The summed E-state index contributed by atoms with van der Waals surface area (Å²) in [6, 6.07) is 0. The zero-order chi connectivity index (χ0) is 14.5. The number of ether oxygens (including phenoxy) is 1. The third kappa shape index (κ3) is 3.60. The van der Waals surface area contributed by atoms with Gasteiger partial charge in [-0.25, -0.2) is 0 Å². The number of aliphatic carboxylic acids is 1. The average Bonchev–Trinajstić information content (AvgIpc) is 2.86. The van der Waals surface area contributed by atoms with Crippen LogP contribution in [0.15, 0.2) is 11.1 Å². The highest BCUT2D eigenvalue weighted by Crippen LogP contribution is 2.26. The van der Waals surface area contributed by atoms with Gasteiger partial charge in [-0.05, 0) is 44.9 Å². The normalized spacial score (nSPS) is 21.9. The zero-order valence-electron chi connectivity index (χ0n) is 12.0. The molecule has 5 nitrogen and oxygen atoms in total. The number of allylic oxidation sites excluding steroid dienone is 1. The fourth-order valence-corrected chi connectivity index (χ4v) is 3.09. The highest BCUT2D eigenvalue weighted by atomic mass is 16.5. The predicted molar refractivity (Wildman–Crippen MR) is 74.2 cm³/mol. The summed E-state index contributed by atoms with van der Waals surface area (Å²) >= 11 is 0. The third-order valence-corrected chi connectivity index (χ3v) is 4.40. The molecular weight excluding hydrogens is 258 g/mol. The van der Waals surface area contributed by atoms with Crippen molar-refractivity contribution in [3.63, 3.8) is 0 Å². The van der Waals surface area contributed by atoms with E-state index in [0.717, 1.165) is 43.3 Å². The summed E-state index contributed by atoms with van der Waals surface area (Å²) < 4.78 is 5.26. The summed E-state index contributed by atoms with van der Waals surface area (Å²) in [6.07, 6.45) is 4.33. The summed E-state index contributed by atoms with van der Waals surface area (Å²) in [4.78, 5) is 23.5. The molecule has 1 unspecified atom stereocenters. The van der Waals surface area contributed by atoms with Crippen molar-refractivity contribution in [3.05, 3.63) is 11.1 Å². The van der Waals surface area contributed by atoms with Crippen molar-refractivity contribution < 1.29 is 19.4 Å². The lowest BCUT2D eigenvalue weighted by Gasteiger charge is -2.27. The molecule has 0 bridgehead atoms. The summed E-state index contributed by atoms with van der Waals surface area (Å²) in [6.45, 7) is 3.43. The molecule has 1 aliphatic carbocycles. The molecule has 1 aliphatic heterocycles. The fraction of sp³-hybridized carbons (Fsp3) is 0.733. The number of rotatable bonds is 5. The maximum atomic E-state index is 12.1. The van der Waals surface area contributed by atoms with Crippen LogP contribution >= 0.6 is 0 Å². The molecule has 0 aromatic heterocycles. The predicted octanol–water partition coefficient (Wildman–Crippen LogP) is 1.73. The Labute approximate surface area is 119 Å². The molecule has 2 aliphatic rings. The van der Waals surface area contributed by atoms with Crippen molar-refractivity contribution in [1.82, 2.24) is 5.32 Å². The maximum Gasteiger partial charge on any atom is 0.308 e. The van der Waals surface area contributed by atoms with Gasteiger partial charge in [0.25, 0.3) is 0 Å². The summed E-state index contributed by atoms with van der Waals surface area (Å²) in [5.74, 6) is -1.32. The standard InChI is InChI=1S/C15H23NO4/c1-10-3-2-4-12(10)14(17)16-9-13(15(18)19)11-5-7-20-8-6-11/h11,13H,2-9H2,1H3,(H,16,17)(H,18,19). The van der Waals surface area contributed by atoms with Crippen LogP contribution in [0.25, 0.3) is 0 Å². The van der Waals surface area contributed by atoms with Gasteiger partial charge in [-0.3, -0.25) is 9.59 Å². The number of amides is 1. The molecule has 2 N–H and O–H groups in total. The molecule has 0 aromatic carbocycles. The molecule has 112 valence electrons. The summed E-state index contributed by atoms with van der Waals surface area (Å²) in [5.41, 5.74) is 1.99. The van der Waals surface area contributed by atoms with E-state index in [1.807, 2.05) is 6.92 Å². The Morgan fingerprint density at radius 1 is 1.35 bits per heavy atom. The molecule has 2 rings (SSSR count). The van der Waals surface area contributed by atoms with Crippen LogP contribution in [0.4, 0.5) is 0 Å². The molecule has 1 atom stereocenters. The number of carboxylic acids is 1. The molecule has 0 aromatic rings. The van der Waals surface area contributed by atoms with E-state index in [1.54, 1.807) is 0 Å². The Kier molecular flexibility index (Phi) is 5.17. The van der Waals surface area contributed by atoms with Gasteiger partial charge in [0.15, 0.2) is 0 Å². The van der Waals surface area contributed by atoms with Crippen molar-refractivity contribution >= 4 is 11.9 Å².